The fraction of sp³-hybridized carbons (Fsp3) is 0.273. The molecule has 0 radical (unpaired) electrons. The number of ether oxygens (including phenoxy) is 3. The van der Waals surface area contributed by atoms with Gasteiger partial charge in [0, 0.05) is 13.1 Å². The van der Waals surface area contributed by atoms with E-state index in [1.807, 2.05) is 13.8 Å². The largest absolute Gasteiger partial charge is 0.493 e. The molecule has 9 heteroatoms. The molecule has 31 heavy (non-hydrogen) atoms. The Morgan fingerprint density at radius 2 is 1.71 bits per heavy atom. The quantitative estimate of drug-likeness (QED) is 0.348. The maximum absolute atomic E-state index is 12.8. The Bertz CT molecular complexity index is 1110. The number of sulfonamides is 1. The highest BCUT2D eigenvalue weighted by molar-refractivity contribution is 7.89. The summed E-state index contributed by atoms with van der Waals surface area (Å²) in [6, 6.07) is 9.46. The van der Waals surface area contributed by atoms with Gasteiger partial charge in [-0.3, -0.25) is 4.79 Å². The first-order valence-electron chi connectivity index (χ1n) is 9.27. The van der Waals surface area contributed by atoms with Crippen molar-refractivity contribution in [1.29, 1.82) is 0 Å². The highest BCUT2D eigenvalue weighted by atomic mass is 32.2. The minimum absolute atomic E-state index is 0.102. The maximum Gasteiger partial charge on any atom is 0.330 e. The van der Waals surface area contributed by atoms with Crippen LogP contribution in [0.5, 0.6) is 11.5 Å². The summed E-state index contributed by atoms with van der Waals surface area (Å²) in [4.78, 5) is 23.7. The Morgan fingerprint density at radius 3 is 2.32 bits per heavy atom. The van der Waals surface area contributed by atoms with E-state index < -0.39 is 28.5 Å². The molecular weight excluding hydrogens is 422 g/mol. The summed E-state index contributed by atoms with van der Waals surface area (Å²) in [5.41, 5.74) is 2.43. The Kier molecular flexibility index (Phi) is 7.95. The molecule has 0 bridgehead atoms. The standard InChI is InChI=1S/C22H25NO7S/c1-15-6-9-18(12-16(15)2)31(26,27)23(3)14-22(25)30-19-10-7-17(13-20(19)28-4)8-11-21(24)29-5/h6-13H,14H2,1-5H3/b11-8+. The zero-order valence-corrected chi connectivity index (χ0v) is 18.9. The fourth-order valence-electron chi connectivity index (χ4n) is 2.58. The summed E-state index contributed by atoms with van der Waals surface area (Å²) in [5.74, 6) is -0.909. The second-order valence-corrected chi connectivity index (χ2v) is 8.79. The first-order valence-corrected chi connectivity index (χ1v) is 10.7. The average molecular weight is 448 g/mol. The number of nitrogens with zero attached hydrogens (tertiary/aromatic N) is 1. The van der Waals surface area contributed by atoms with Gasteiger partial charge in [0.2, 0.25) is 10.0 Å². The van der Waals surface area contributed by atoms with Crippen molar-refractivity contribution >= 4 is 28.0 Å². The van der Waals surface area contributed by atoms with Gasteiger partial charge in [0.1, 0.15) is 6.54 Å². The van der Waals surface area contributed by atoms with Crippen molar-refractivity contribution in [2.75, 3.05) is 27.8 Å². The molecular formula is C22H25NO7S. The molecule has 0 aromatic heterocycles. The van der Waals surface area contributed by atoms with E-state index in [9.17, 15) is 18.0 Å². The van der Waals surface area contributed by atoms with Crippen molar-refractivity contribution < 1.29 is 32.2 Å². The lowest BCUT2D eigenvalue weighted by molar-refractivity contribution is -0.135. The van der Waals surface area contributed by atoms with Crippen LogP contribution in [0.1, 0.15) is 16.7 Å². The molecule has 0 fully saturated rings. The number of hydrogen-bond acceptors (Lipinski definition) is 7. The first-order chi connectivity index (χ1) is 14.6. The fourth-order valence-corrected chi connectivity index (χ4v) is 3.78. The number of aryl methyl sites for hydroxylation is 2. The smallest absolute Gasteiger partial charge is 0.330 e. The van der Waals surface area contributed by atoms with Crippen molar-refractivity contribution in [2.45, 2.75) is 18.7 Å². The van der Waals surface area contributed by atoms with Gasteiger partial charge in [0.25, 0.3) is 0 Å². The summed E-state index contributed by atoms with van der Waals surface area (Å²) in [6.07, 6.45) is 2.76. The highest BCUT2D eigenvalue weighted by Crippen LogP contribution is 2.29. The van der Waals surface area contributed by atoms with Gasteiger partial charge in [-0.25, -0.2) is 13.2 Å². The van der Waals surface area contributed by atoms with E-state index in [2.05, 4.69) is 4.74 Å². The summed E-state index contributed by atoms with van der Waals surface area (Å²) >= 11 is 0. The van der Waals surface area contributed by atoms with E-state index in [1.165, 1.54) is 45.6 Å². The molecule has 2 aromatic rings. The number of benzene rings is 2. The molecule has 0 spiro atoms. The van der Waals surface area contributed by atoms with Gasteiger partial charge in [-0.1, -0.05) is 12.1 Å². The van der Waals surface area contributed by atoms with Crippen LogP contribution in [0.25, 0.3) is 6.08 Å². The molecule has 8 nitrogen and oxygen atoms in total. The van der Waals surface area contributed by atoms with Gasteiger partial charge in [0.15, 0.2) is 11.5 Å². The van der Waals surface area contributed by atoms with Crippen LogP contribution in [0, 0.1) is 13.8 Å². The van der Waals surface area contributed by atoms with Crippen molar-refractivity contribution in [3.05, 3.63) is 59.2 Å². The molecule has 2 rings (SSSR count). The second kappa shape index (κ2) is 10.2. The summed E-state index contributed by atoms with van der Waals surface area (Å²) in [5, 5.41) is 0. The van der Waals surface area contributed by atoms with E-state index in [-0.39, 0.29) is 16.4 Å². The van der Waals surface area contributed by atoms with Crippen LogP contribution in [0.4, 0.5) is 0 Å². The summed E-state index contributed by atoms with van der Waals surface area (Å²) in [7, 11) is 0.122. The SMILES string of the molecule is COC(=O)/C=C/c1ccc(OC(=O)CN(C)S(=O)(=O)c2ccc(C)c(C)c2)c(OC)c1. The zero-order chi connectivity index (χ0) is 23.2. The molecule has 0 N–H and O–H groups in total. The van der Waals surface area contributed by atoms with Crippen LogP contribution in [0.2, 0.25) is 0 Å². The number of hydrogen-bond donors (Lipinski definition) is 0. The molecule has 0 saturated heterocycles. The number of esters is 2. The lowest BCUT2D eigenvalue weighted by Crippen LogP contribution is -2.34. The van der Waals surface area contributed by atoms with Crippen LogP contribution in [-0.2, 0) is 24.3 Å². The third-order valence-corrected chi connectivity index (χ3v) is 6.36. The van der Waals surface area contributed by atoms with Gasteiger partial charge in [-0.05, 0) is 60.9 Å². The molecule has 0 aliphatic heterocycles. The van der Waals surface area contributed by atoms with E-state index in [1.54, 1.807) is 24.3 Å². The maximum atomic E-state index is 12.8. The normalized spacial score (nSPS) is 11.5. The molecule has 166 valence electrons. The summed E-state index contributed by atoms with van der Waals surface area (Å²) in [6.45, 7) is 3.22. The number of rotatable bonds is 8. The molecule has 0 aliphatic rings. The van der Waals surface area contributed by atoms with Gasteiger partial charge in [-0.15, -0.1) is 0 Å². The van der Waals surface area contributed by atoms with Gasteiger partial charge in [-0.2, -0.15) is 4.31 Å². The Morgan fingerprint density at radius 1 is 1.00 bits per heavy atom. The van der Waals surface area contributed by atoms with E-state index in [0.29, 0.717) is 5.56 Å². The van der Waals surface area contributed by atoms with Gasteiger partial charge >= 0.3 is 11.9 Å². The van der Waals surface area contributed by atoms with E-state index >= 15 is 0 Å². The van der Waals surface area contributed by atoms with Crippen LogP contribution >= 0.6 is 0 Å². The Labute approximate surface area is 182 Å². The Hall–Kier alpha value is -3.17. The third kappa shape index (κ3) is 6.16. The zero-order valence-electron chi connectivity index (χ0n) is 18.0. The predicted molar refractivity (Wildman–Crippen MR) is 115 cm³/mol. The molecule has 0 amide bonds. The second-order valence-electron chi connectivity index (χ2n) is 6.75. The topological polar surface area (TPSA) is 99.2 Å². The molecule has 0 unspecified atom stereocenters. The number of methoxy groups -OCH3 is 2. The molecule has 0 saturated carbocycles. The van der Waals surface area contributed by atoms with Crippen molar-refractivity contribution in [2.24, 2.45) is 0 Å². The lowest BCUT2D eigenvalue weighted by atomic mass is 10.1. The third-order valence-electron chi connectivity index (χ3n) is 4.56. The van der Waals surface area contributed by atoms with Crippen molar-refractivity contribution in [3.63, 3.8) is 0 Å². The first kappa shape index (κ1) is 24.1. The highest BCUT2D eigenvalue weighted by Gasteiger charge is 2.24. The van der Waals surface area contributed by atoms with Crippen LogP contribution < -0.4 is 9.47 Å². The molecule has 0 aliphatic carbocycles. The van der Waals surface area contributed by atoms with Crippen molar-refractivity contribution in [3.8, 4) is 11.5 Å². The molecule has 0 atom stereocenters. The monoisotopic (exact) mass is 447 g/mol. The van der Waals surface area contributed by atoms with Crippen LogP contribution in [0.15, 0.2) is 47.4 Å². The Balaban J connectivity index is 2.13. The molecule has 0 heterocycles. The predicted octanol–water partition coefficient (Wildman–Crippen LogP) is 2.72. The number of likely N-dealkylation sites (N-methyl/N-ethyl adjacent to an activating group) is 1. The number of carbonyl (C=O) groups is 2. The minimum atomic E-state index is -3.86. The average Bonchev–Trinajstić information content (AvgIpc) is 2.74. The van der Waals surface area contributed by atoms with Crippen LogP contribution in [0.3, 0.4) is 0 Å². The van der Waals surface area contributed by atoms with E-state index in [4.69, 9.17) is 9.47 Å². The van der Waals surface area contributed by atoms with Gasteiger partial charge < -0.3 is 14.2 Å². The number of carbonyl (C=O) groups excluding carboxylic acids is 2. The summed E-state index contributed by atoms with van der Waals surface area (Å²) < 4.78 is 41.5. The van der Waals surface area contributed by atoms with Gasteiger partial charge in [0.05, 0.1) is 19.1 Å². The lowest BCUT2D eigenvalue weighted by Gasteiger charge is -2.17. The van der Waals surface area contributed by atoms with Crippen LogP contribution in [-0.4, -0.2) is 52.5 Å². The van der Waals surface area contributed by atoms with Crippen molar-refractivity contribution in [1.82, 2.24) is 4.31 Å². The minimum Gasteiger partial charge on any atom is -0.493 e. The van der Waals surface area contributed by atoms with E-state index in [0.717, 1.165) is 15.4 Å². The molecule has 2 aromatic carbocycles.